The van der Waals surface area contributed by atoms with Gasteiger partial charge in [0.1, 0.15) is 5.82 Å². The van der Waals surface area contributed by atoms with Crippen molar-refractivity contribution in [3.8, 4) is 0 Å². The fourth-order valence-corrected chi connectivity index (χ4v) is 2.29. The number of methoxy groups -OCH3 is 1. The number of hydrogen-bond donors (Lipinski definition) is 2. The molecule has 0 spiro atoms. The molecule has 1 amide bonds. The van der Waals surface area contributed by atoms with Crippen LogP contribution < -0.4 is 21.9 Å². The number of ether oxygens (including phenoxy) is 1. The highest BCUT2D eigenvalue weighted by molar-refractivity contribution is 5.95. The van der Waals surface area contributed by atoms with Crippen LogP contribution in [0.2, 0.25) is 0 Å². The number of nitrogens with zero attached hydrogens (tertiary/aromatic N) is 2. The minimum absolute atomic E-state index is 0.0126. The van der Waals surface area contributed by atoms with Crippen molar-refractivity contribution in [2.24, 2.45) is 5.92 Å². The third kappa shape index (κ3) is 4.82. The summed E-state index contributed by atoms with van der Waals surface area (Å²) < 4.78 is 6.29. The van der Waals surface area contributed by atoms with Gasteiger partial charge in [-0.1, -0.05) is 19.9 Å². The largest absolute Gasteiger partial charge is 0.383 e. The van der Waals surface area contributed by atoms with Gasteiger partial charge in [-0.25, -0.2) is 4.79 Å². The number of aromatic nitrogens is 2. The van der Waals surface area contributed by atoms with Gasteiger partial charge in [-0.3, -0.25) is 19.1 Å². The molecule has 3 N–H and O–H groups in total. The van der Waals surface area contributed by atoms with E-state index < -0.39 is 11.2 Å². The number of H-pyrrole nitrogens is 1. The van der Waals surface area contributed by atoms with Gasteiger partial charge in [0.05, 0.1) is 6.61 Å². The van der Waals surface area contributed by atoms with Gasteiger partial charge in [-0.2, -0.15) is 0 Å². The molecule has 0 aliphatic carbocycles. The van der Waals surface area contributed by atoms with E-state index in [1.807, 2.05) is 13.8 Å². The van der Waals surface area contributed by atoms with Gasteiger partial charge in [0, 0.05) is 26.6 Å². The number of rotatable bonds is 9. The predicted molar refractivity (Wildman–Crippen MR) is 94.2 cm³/mol. The van der Waals surface area contributed by atoms with Crippen molar-refractivity contribution in [2.45, 2.75) is 33.2 Å². The summed E-state index contributed by atoms with van der Waals surface area (Å²) in [6.07, 6.45) is 2.29. The molecule has 0 saturated carbocycles. The fraction of sp³-hybridized carbons (Fsp3) is 0.562. The molecule has 134 valence electrons. The second-order valence-corrected chi connectivity index (χ2v) is 5.86. The zero-order valence-corrected chi connectivity index (χ0v) is 14.5. The second kappa shape index (κ2) is 9.07. The van der Waals surface area contributed by atoms with E-state index >= 15 is 0 Å². The van der Waals surface area contributed by atoms with Crippen molar-refractivity contribution in [2.75, 3.05) is 30.9 Å². The maximum absolute atomic E-state index is 12.5. The molecule has 1 aromatic heterocycles. The number of anilines is 2. The molecule has 0 saturated heterocycles. The fourth-order valence-electron chi connectivity index (χ4n) is 2.29. The SMILES string of the molecule is C=CCCC(=O)N(CCOC)c1c(N)n(CC(C)C)c(=O)[nH]c1=O. The minimum atomic E-state index is -0.680. The Bertz CT molecular complexity index is 690. The maximum atomic E-state index is 12.5. The van der Waals surface area contributed by atoms with Crippen molar-refractivity contribution < 1.29 is 9.53 Å². The highest BCUT2D eigenvalue weighted by Crippen LogP contribution is 2.18. The molecule has 0 aromatic carbocycles. The number of nitrogen functional groups attached to an aromatic ring is 1. The van der Waals surface area contributed by atoms with Gasteiger partial charge >= 0.3 is 5.69 Å². The van der Waals surface area contributed by atoms with Crippen molar-refractivity contribution >= 4 is 17.4 Å². The first-order valence-corrected chi connectivity index (χ1v) is 7.86. The summed E-state index contributed by atoms with van der Waals surface area (Å²) in [5.41, 5.74) is 4.78. The number of amides is 1. The zero-order valence-electron chi connectivity index (χ0n) is 14.5. The Morgan fingerprint density at radius 3 is 2.67 bits per heavy atom. The lowest BCUT2D eigenvalue weighted by Crippen LogP contribution is -2.42. The molecule has 1 rings (SSSR count). The Morgan fingerprint density at radius 2 is 2.12 bits per heavy atom. The van der Waals surface area contributed by atoms with Crippen LogP contribution in [0.1, 0.15) is 26.7 Å². The van der Waals surface area contributed by atoms with Crippen LogP contribution >= 0.6 is 0 Å². The van der Waals surface area contributed by atoms with Crippen molar-refractivity contribution in [1.82, 2.24) is 9.55 Å². The van der Waals surface area contributed by atoms with E-state index in [1.54, 1.807) is 6.08 Å². The lowest BCUT2D eigenvalue weighted by atomic mass is 10.2. The molecule has 8 heteroatoms. The number of carbonyl (C=O) groups is 1. The third-order valence-corrected chi connectivity index (χ3v) is 3.41. The van der Waals surface area contributed by atoms with Crippen LogP contribution in [0.25, 0.3) is 0 Å². The predicted octanol–water partition coefficient (Wildman–Crippen LogP) is 0.720. The number of allylic oxidation sites excluding steroid dienone is 1. The normalized spacial score (nSPS) is 10.8. The quantitative estimate of drug-likeness (QED) is 0.645. The van der Waals surface area contributed by atoms with Gasteiger partial charge < -0.3 is 15.4 Å². The summed E-state index contributed by atoms with van der Waals surface area (Å²) >= 11 is 0. The second-order valence-electron chi connectivity index (χ2n) is 5.86. The molecule has 0 unspecified atom stereocenters. The van der Waals surface area contributed by atoms with Crippen LogP contribution in [0.5, 0.6) is 0 Å². The summed E-state index contributed by atoms with van der Waals surface area (Å²) in [6.45, 7) is 8.18. The van der Waals surface area contributed by atoms with Crippen LogP contribution in [-0.4, -0.2) is 35.7 Å². The van der Waals surface area contributed by atoms with E-state index in [0.717, 1.165) is 0 Å². The molecule has 0 bridgehead atoms. The lowest BCUT2D eigenvalue weighted by Gasteiger charge is -2.24. The smallest absolute Gasteiger partial charge is 0.330 e. The molecule has 0 fully saturated rings. The molecule has 0 atom stereocenters. The molecule has 24 heavy (non-hydrogen) atoms. The first kappa shape index (κ1) is 19.7. The minimum Gasteiger partial charge on any atom is -0.383 e. The van der Waals surface area contributed by atoms with E-state index in [2.05, 4.69) is 11.6 Å². The van der Waals surface area contributed by atoms with E-state index in [-0.39, 0.29) is 42.9 Å². The molecule has 0 aliphatic rings. The Balaban J connectivity index is 3.40. The first-order valence-electron chi connectivity index (χ1n) is 7.86. The topological polar surface area (TPSA) is 110 Å². The van der Waals surface area contributed by atoms with Crippen LogP contribution in [0.4, 0.5) is 11.5 Å². The van der Waals surface area contributed by atoms with Crippen LogP contribution in [-0.2, 0) is 16.1 Å². The number of nitrogens with two attached hydrogens (primary N) is 1. The van der Waals surface area contributed by atoms with Crippen molar-refractivity contribution in [1.29, 1.82) is 0 Å². The van der Waals surface area contributed by atoms with Gasteiger partial charge in [0.2, 0.25) is 5.91 Å². The third-order valence-electron chi connectivity index (χ3n) is 3.41. The average molecular weight is 338 g/mol. The standard InChI is InChI=1S/C16H26N4O4/c1-5-6-7-12(21)19(8-9-24-4)13-14(17)20(10-11(2)3)16(23)18-15(13)22/h5,11H,1,6-10,17H2,2-4H3,(H,18,22,23). The van der Waals surface area contributed by atoms with E-state index in [4.69, 9.17) is 10.5 Å². The summed E-state index contributed by atoms with van der Waals surface area (Å²) in [5, 5.41) is 0. The van der Waals surface area contributed by atoms with Crippen LogP contribution in [0, 0.1) is 5.92 Å². The number of hydrogen-bond acceptors (Lipinski definition) is 5. The first-order chi connectivity index (χ1) is 11.3. The average Bonchev–Trinajstić information content (AvgIpc) is 2.51. The van der Waals surface area contributed by atoms with Crippen molar-refractivity contribution in [3.63, 3.8) is 0 Å². The van der Waals surface area contributed by atoms with Gasteiger partial charge in [0.25, 0.3) is 5.56 Å². The summed E-state index contributed by atoms with van der Waals surface area (Å²) in [5.74, 6) is -0.146. The highest BCUT2D eigenvalue weighted by Gasteiger charge is 2.23. The Labute approximate surface area is 140 Å². The lowest BCUT2D eigenvalue weighted by molar-refractivity contribution is -0.118. The van der Waals surface area contributed by atoms with E-state index in [9.17, 15) is 14.4 Å². The van der Waals surface area contributed by atoms with E-state index in [0.29, 0.717) is 13.0 Å². The molecule has 8 nitrogen and oxygen atoms in total. The maximum Gasteiger partial charge on any atom is 0.330 e. The summed E-state index contributed by atoms with van der Waals surface area (Å²) in [4.78, 5) is 40.3. The Hall–Kier alpha value is -2.35. The van der Waals surface area contributed by atoms with Crippen LogP contribution in [0.3, 0.4) is 0 Å². The van der Waals surface area contributed by atoms with Crippen molar-refractivity contribution in [3.05, 3.63) is 33.5 Å². The Kier molecular flexibility index (Phi) is 7.44. The zero-order chi connectivity index (χ0) is 18.3. The summed E-state index contributed by atoms with van der Waals surface area (Å²) in [6, 6.07) is 0. The number of carbonyl (C=O) groups excluding carboxylic acids is 1. The van der Waals surface area contributed by atoms with Gasteiger partial charge in [0.15, 0.2) is 5.69 Å². The molecule has 1 aromatic rings. The number of nitrogens with one attached hydrogen (secondary N) is 1. The molecule has 0 aliphatic heterocycles. The summed E-state index contributed by atoms with van der Waals surface area (Å²) in [7, 11) is 1.50. The molecule has 0 radical (unpaired) electrons. The molecule has 1 heterocycles. The highest BCUT2D eigenvalue weighted by atomic mass is 16.5. The Morgan fingerprint density at radius 1 is 1.46 bits per heavy atom. The van der Waals surface area contributed by atoms with Gasteiger partial charge in [-0.05, 0) is 12.3 Å². The number of aromatic amines is 1. The van der Waals surface area contributed by atoms with Gasteiger partial charge in [-0.15, -0.1) is 6.58 Å². The van der Waals surface area contributed by atoms with Crippen LogP contribution in [0.15, 0.2) is 22.2 Å². The molecular weight excluding hydrogens is 312 g/mol. The monoisotopic (exact) mass is 338 g/mol. The van der Waals surface area contributed by atoms with E-state index in [1.165, 1.54) is 16.6 Å². The molecular formula is C16H26N4O4.